The van der Waals surface area contributed by atoms with Crippen LogP contribution in [-0.4, -0.2) is 21.5 Å². The van der Waals surface area contributed by atoms with Gasteiger partial charge in [0.15, 0.2) is 5.82 Å². The van der Waals surface area contributed by atoms with Gasteiger partial charge in [0.1, 0.15) is 11.6 Å². The molecule has 2 N–H and O–H groups in total. The Hall–Kier alpha value is -2.68. The van der Waals surface area contributed by atoms with Crippen LogP contribution in [0, 0.1) is 5.82 Å². The molecule has 0 spiro atoms. The summed E-state index contributed by atoms with van der Waals surface area (Å²) in [5.41, 5.74) is 1.54. The molecule has 9 heteroatoms. The molecule has 2 aromatic carbocycles. The van der Waals surface area contributed by atoms with Crippen LogP contribution in [0.25, 0.3) is 11.4 Å². The Morgan fingerprint density at radius 1 is 1.04 bits per heavy atom. The molecule has 0 fully saturated rings. The van der Waals surface area contributed by atoms with Gasteiger partial charge in [-0.1, -0.05) is 23.9 Å². The summed E-state index contributed by atoms with van der Waals surface area (Å²) in [6, 6.07) is 12.1. The highest BCUT2D eigenvalue weighted by Crippen LogP contribution is 2.26. The van der Waals surface area contributed by atoms with Gasteiger partial charge in [0, 0.05) is 11.3 Å². The van der Waals surface area contributed by atoms with Crippen LogP contribution in [0.15, 0.2) is 53.7 Å². The maximum absolute atomic E-state index is 12.9. The highest BCUT2D eigenvalue weighted by Gasteiger charge is 2.13. The summed E-state index contributed by atoms with van der Waals surface area (Å²) in [4.78, 5) is 0. The summed E-state index contributed by atoms with van der Waals surface area (Å²) in [5, 5.41) is 8.52. The molecule has 25 heavy (non-hydrogen) atoms. The van der Waals surface area contributed by atoms with Gasteiger partial charge in [0.05, 0.1) is 0 Å². The second kappa shape index (κ2) is 7.47. The number of benzene rings is 2. The van der Waals surface area contributed by atoms with Crippen molar-refractivity contribution in [3.63, 3.8) is 0 Å². The summed E-state index contributed by atoms with van der Waals surface area (Å²) >= 11 is 1.35. The number of hydrogen-bond donors (Lipinski definition) is 1. The van der Waals surface area contributed by atoms with Crippen molar-refractivity contribution in [3.05, 3.63) is 59.9 Å². The Morgan fingerprint density at radius 2 is 1.72 bits per heavy atom. The van der Waals surface area contributed by atoms with E-state index in [9.17, 15) is 13.2 Å². The molecule has 130 valence electrons. The lowest BCUT2D eigenvalue weighted by Crippen LogP contribution is -2.11. The molecule has 1 heterocycles. The van der Waals surface area contributed by atoms with Gasteiger partial charge >= 0.3 is 6.61 Å². The number of nitrogen functional groups attached to an aromatic ring is 1. The molecule has 0 saturated heterocycles. The zero-order valence-corrected chi connectivity index (χ0v) is 13.6. The number of thioether (sulfide) groups is 1. The molecule has 0 aliphatic heterocycles. The molecule has 1 aromatic heterocycles. The second-order valence-electron chi connectivity index (χ2n) is 4.99. The lowest BCUT2D eigenvalue weighted by Gasteiger charge is -2.06. The molecule has 5 nitrogen and oxygen atoms in total. The molecule has 0 radical (unpaired) electrons. The van der Waals surface area contributed by atoms with Crippen molar-refractivity contribution >= 4 is 11.8 Å². The first kappa shape index (κ1) is 17.2. The van der Waals surface area contributed by atoms with Crippen molar-refractivity contribution in [1.29, 1.82) is 0 Å². The molecule has 3 rings (SSSR count). The van der Waals surface area contributed by atoms with Crippen LogP contribution >= 0.6 is 11.8 Å². The van der Waals surface area contributed by atoms with Gasteiger partial charge in [-0.25, -0.2) is 9.07 Å². The first-order valence-electron chi connectivity index (χ1n) is 7.16. The molecule has 0 unspecified atom stereocenters. The quantitative estimate of drug-likeness (QED) is 0.532. The lowest BCUT2D eigenvalue weighted by atomic mass is 10.2. The predicted octanol–water partition coefficient (Wildman–Crippen LogP) is 3.69. The third-order valence-electron chi connectivity index (χ3n) is 3.28. The van der Waals surface area contributed by atoms with Gasteiger partial charge in [-0.15, -0.1) is 10.2 Å². The molecule has 0 aliphatic carbocycles. The molecule has 0 atom stereocenters. The molecule has 0 aliphatic rings. The SMILES string of the molecule is Nn1c(SCc2ccc(F)cc2)nnc1-c1ccc(OC(F)F)cc1. The van der Waals surface area contributed by atoms with Gasteiger partial charge in [0.25, 0.3) is 0 Å². The van der Waals surface area contributed by atoms with Crippen molar-refractivity contribution in [2.45, 2.75) is 17.5 Å². The topological polar surface area (TPSA) is 66.0 Å². The largest absolute Gasteiger partial charge is 0.435 e. The van der Waals surface area contributed by atoms with Crippen LogP contribution in [-0.2, 0) is 5.75 Å². The Kier molecular flexibility index (Phi) is 5.13. The maximum Gasteiger partial charge on any atom is 0.387 e. The summed E-state index contributed by atoms with van der Waals surface area (Å²) < 4.78 is 42.8. The van der Waals surface area contributed by atoms with E-state index < -0.39 is 6.61 Å². The number of halogens is 3. The summed E-state index contributed by atoms with van der Waals surface area (Å²) in [7, 11) is 0. The van der Waals surface area contributed by atoms with Gasteiger partial charge in [-0.3, -0.25) is 0 Å². The minimum Gasteiger partial charge on any atom is -0.435 e. The maximum atomic E-state index is 12.9. The number of hydrogen-bond acceptors (Lipinski definition) is 5. The van der Waals surface area contributed by atoms with E-state index in [-0.39, 0.29) is 11.6 Å². The van der Waals surface area contributed by atoms with Crippen LogP contribution < -0.4 is 10.6 Å². The molecule has 0 amide bonds. The average Bonchev–Trinajstić information content (AvgIpc) is 2.95. The minimum absolute atomic E-state index is 0.0488. The summed E-state index contributed by atoms with van der Waals surface area (Å²) in [5.74, 6) is 6.70. The predicted molar refractivity (Wildman–Crippen MR) is 88.2 cm³/mol. The fraction of sp³-hybridized carbons (Fsp3) is 0.125. The van der Waals surface area contributed by atoms with E-state index in [4.69, 9.17) is 5.84 Å². The van der Waals surface area contributed by atoms with E-state index in [0.29, 0.717) is 22.3 Å². The lowest BCUT2D eigenvalue weighted by molar-refractivity contribution is -0.0498. The van der Waals surface area contributed by atoms with Crippen LogP contribution in [0.3, 0.4) is 0 Å². The summed E-state index contributed by atoms with van der Waals surface area (Å²) in [6.07, 6.45) is 0. The van der Waals surface area contributed by atoms with Crippen molar-refractivity contribution in [2.75, 3.05) is 5.84 Å². The van der Waals surface area contributed by atoms with E-state index in [1.807, 2.05) is 0 Å². The third-order valence-corrected chi connectivity index (χ3v) is 4.30. The van der Waals surface area contributed by atoms with Gasteiger partial charge in [-0.2, -0.15) is 8.78 Å². The van der Waals surface area contributed by atoms with Crippen molar-refractivity contribution in [1.82, 2.24) is 14.9 Å². The molecular weight excluding hydrogens is 353 g/mol. The Morgan fingerprint density at radius 3 is 2.36 bits per heavy atom. The van der Waals surface area contributed by atoms with E-state index in [2.05, 4.69) is 14.9 Å². The highest BCUT2D eigenvalue weighted by molar-refractivity contribution is 7.98. The van der Waals surface area contributed by atoms with Crippen molar-refractivity contribution < 1.29 is 17.9 Å². The normalized spacial score (nSPS) is 11.0. The fourth-order valence-electron chi connectivity index (χ4n) is 2.09. The molecule has 0 bridgehead atoms. The number of aromatic nitrogens is 3. The van der Waals surface area contributed by atoms with Gasteiger partial charge in [-0.05, 0) is 42.0 Å². The number of rotatable bonds is 6. The number of nitrogens with zero attached hydrogens (tertiary/aromatic N) is 3. The van der Waals surface area contributed by atoms with Gasteiger partial charge in [0.2, 0.25) is 5.16 Å². The van der Waals surface area contributed by atoms with Crippen LogP contribution in [0.2, 0.25) is 0 Å². The first-order valence-corrected chi connectivity index (χ1v) is 8.14. The van der Waals surface area contributed by atoms with Crippen LogP contribution in [0.1, 0.15) is 5.56 Å². The zero-order chi connectivity index (χ0) is 17.8. The molecule has 3 aromatic rings. The summed E-state index contributed by atoms with van der Waals surface area (Å²) in [6.45, 7) is -2.88. The fourth-order valence-corrected chi connectivity index (χ4v) is 2.90. The van der Waals surface area contributed by atoms with Crippen LogP contribution in [0.5, 0.6) is 5.75 Å². The van der Waals surface area contributed by atoms with E-state index in [1.54, 1.807) is 24.3 Å². The van der Waals surface area contributed by atoms with E-state index in [0.717, 1.165) is 5.56 Å². The Balaban J connectivity index is 1.71. The van der Waals surface area contributed by atoms with E-state index in [1.165, 1.54) is 40.7 Å². The number of alkyl halides is 2. The molecular formula is C16H13F3N4OS. The second-order valence-corrected chi connectivity index (χ2v) is 5.94. The minimum atomic E-state index is -2.88. The highest BCUT2D eigenvalue weighted by atomic mass is 32.2. The number of nitrogens with two attached hydrogens (primary N) is 1. The number of ether oxygens (including phenoxy) is 1. The van der Waals surface area contributed by atoms with Crippen molar-refractivity contribution in [3.8, 4) is 17.1 Å². The van der Waals surface area contributed by atoms with Crippen LogP contribution in [0.4, 0.5) is 13.2 Å². The molecule has 0 saturated carbocycles. The standard InChI is InChI=1S/C16H13F3N4OS/c17-12-5-1-10(2-6-12)9-25-16-22-21-14(23(16)20)11-3-7-13(8-4-11)24-15(18)19/h1-8,15H,9,20H2. The van der Waals surface area contributed by atoms with Gasteiger partial charge < -0.3 is 10.6 Å². The third kappa shape index (κ3) is 4.24. The Bertz CT molecular complexity index is 838. The average molecular weight is 366 g/mol. The van der Waals surface area contributed by atoms with E-state index >= 15 is 0 Å². The zero-order valence-electron chi connectivity index (χ0n) is 12.8. The first-order chi connectivity index (χ1) is 12.0. The van der Waals surface area contributed by atoms with Crippen molar-refractivity contribution in [2.24, 2.45) is 0 Å². The Labute approximate surface area is 145 Å². The smallest absolute Gasteiger partial charge is 0.387 e. The monoisotopic (exact) mass is 366 g/mol.